The Labute approximate surface area is 162 Å². The molecule has 0 heterocycles. The zero-order valence-corrected chi connectivity index (χ0v) is 17.6. The number of hydrogen-bond acceptors (Lipinski definition) is 3. The Balaban J connectivity index is 0.00000288. The third kappa shape index (κ3) is 6.23. The van der Waals surface area contributed by atoms with E-state index in [1.165, 1.54) is 37.5 Å². The fourth-order valence-electron chi connectivity index (χ4n) is 3.24. The number of nitrogens with one attached hydrogen (secondary N) is 2. The molecule has 0 spiro atoms. The lowest BCUT2D eigenvalue weighted by molar-refractivity contribution is 0.432. The van der Waals surface area contributed by atoms with E-state index in [9.17, 15) is 8.42 Å². The molecule has 1 fully saturated rings. The first-order valence-electron chi connectivity index (χ1n) is 8.13. The van der Waals surface area contributed by atoms with Crippen LogP contribution in [0.25, 0.3) is 0 Å². The fraction of sp³-hybridized carbons (Fsp3) is 0.588. The smallest absolute Gasteiger partial charge is 0.191 e. The average molecular weight is 465 g/mol. The molecular formula is C17H28IN3O2S. The Morgan fingerprint density at radius 2 is 1.79 bits per heavy atom. The van der Waals surface area contributed by atoms with E-state index in [4.69, 9.17) is 0 Å². The standard InChI is InChI=1S/C17H27N3O2S.HI/c1-18-16(19-12-13-23(2,21)22)20-14-17(10-6-7-11-17)15-8-4-3-5-9-15;/h3-5,8-9H,6-7,10-14H2,1-2H3,(H2,18,19,20);1H. The third-order valence-corrected chi connectivity index (χ3v) is 5.48. The summed E-state index contributed by atoms with van der Waals surface area (Å²) in [5.74, 6) is 0.771. The minimum Gasteiger partial charge on any atom is -0.356 e. The van der Waals surface area contributed by atoms with E-state index in [-0.39, 0.29) is 35.1 Å². The molecule has 0 bridgehead atoms. The highest BCUT2D eigenvalue weighted by atomic mass is 127. The van der Waals surface area contributed by atoms with Crippen LogP contribution in [0.2, 0.25) is 0 Å². The third-order valence-electron chi connectivity index (χ3n) is 4.53. The van der Waals surface area contributed by atoms with Crippen molar-refractivity contribution < 1.29 is 8.42 Å². The first-order valence-corrected chi connectivity index (χ1v) is 10.2. The van der Waals surface area contributed by atoms with Gasteiger partial charge in [-0.1, -0.05) is 43.2 Å². The summed E-state index contributed by atoms with van der Waals surface area (Å²) in [5, 5.41) is 6.46. The van der Waals surface area contributed by atoms with Crippen LogP contribution in [-0.2, 0) is 15.3 Å². The molecule has 0 unspecified atom stereocenters. The minimum absolute atomic E-state index is 0. The summed E-state index contributed by atoms with van der Waals surface area (Å²) in [5.41, 5.74) is 1.52. The lowest BCUT2D eigenvalue weighted by Gasteiger charge is -2.30. The lowest BCUT2D eigenvalue weighted by Crippen LogP contribution is -2.45. The maximum Gasteiger partial charge on any atom is 0.191 e. The van der Waals surface area contributed by atoms with Crippen LogP contribution in [0.1, 0.15) is 31.2 Å². The van der Waals surface area contributed by atoms with Crippen LogP contribution < -0.4 is 10.6 Å². The maximum atomic E-state index is 11.2. The number of hydrogen-bond donors (Lipinski definition) is 2. The average Bonchev–Trinajstić information content (AvgIpc) is 3.00. The van der Waals surface area contributed by atoms with Crippen molar-refractivity contribution in [1.29, 1.82) is 0 Å². The van der Waals surface area contributed by atoms with E-state index in [2.05, 4.69) is 39.9 Å². The molecule has 0 atom stereocenters. The number of benzene rings is 1. The van der Waals surface area contributed by atoms with E-state index in [1.54, 1.807) is 7.05 Å². The Kier molecular flexibility index (Phi) is 8.49. The predicted molar refractivity (Wildman–Crippen MR) is 111 cm³/mol. The zero-order chi connectivity index (χ0) is 16.8. The Morgan fingerprint density at radius 3 is 2.33 bits per heavy atom. The second-order valence-electron chi connectivity index (χ2n) is 6.34. The molecule has 1 aromatic rings. The van der Waals surface area contributed by atoms with Gasteiger partial charge >= 0.3 is 0 Å². The Morgan fingerprint density at radius 1 is 1.17 bits per heavy atom. The molecule has 0 aromatic heterocycles. The molecule has 2 N–H and O–H groups in total. The van der Waals surface area contributed by atoms with Gasteiger partial charge in [-0.15, -0.1) is 24.0 Å². The highest BCUT2D eigenvalue weighted by molar-refractivity contribution is 14.0. The largest absolute Gasteiger partial charge is 0.356 e. The van der Waals surface area contributed by atoms with Crippen LogP contribution in [0, 0.1) is 0 Å². The summed E-state index contributed by atoms with van der Waals surface area (Å²) < 4.78 is 22.4. The molecule has 0 saturated heterocycles. The first-order chi connectivity index (χ1) is 11.0. The van der Waals surface area contributed by atoms with Crippen molar-refractivity contribution in [3.63, 3.8) is 0 Å². The van der Waals surface area contributed by atoms with Gasteiger partial charge < -0.3 is 10.6 Å². The minimum atomic E-state index is -2.96. The molecule has 1 aliphatic carbocycles. The number of guanidine groups is 1. The van der Waals surface area contributed by atoms with Gasteiger partial charge in [0.2, 0.25) is 0 Å². The van der Waals surface area contributed by atoms with Crippen LogP contribution in [0.15, 0.2) is 35.3 Å². The van der Waals surface area contributed by atoms with Crippen LogP contribution in [0.4, 0.5) is 0 Å². The SMILES string of the molecule is CN=C(NCCS(C)(=O)=O)NCC1(c2ccccc2)CCCC1.I. The van der Waals surface area contributed by atoms with Crippen LogP contribution >= 0.6 is 24.0 Å². The van der Waals surface area contributed by atoms with Crippen molar-refractivity contribution in [2.24, 2.45) is 4.99 Å². The number of sulfone groups is 1. The number of rotatable bonds is 6. The van der Waals surface area contributed by atoms with Crippen molar-refractivity contribution in [2.45, 2.75) is 31.1 Å². The van der Waals surface area contributed by atoms with Gasteiger partial charge in [0.25, 0.3) is 0 Å². The van der Waals surface area contributed by atoms with Gasteiger partial charge in [0.15, 0.2) is 5.96 Å². The van der Waals surface area contributed by atoms with Crippen molar-refractivity contribution in [3.05, 3.63) is 35.9 Å². The molecule has 2 rings (SSSR count). The molecule has 7 heteroatoms. The van der Waals surface area contributed by atoms with Gasteiger partial charge in [-0.05, 0) is 18.4 Å². The van der Waals surface area contributed by atoms with E-state index in [1.807, 2.05) is 6.07 Å². The first kappa shape index (κ1) is 21.2. The molecule has 24 heavy (non-hydrogen) atoms. The quantitative estimate of drug-likeness (QED) is 0.385. The van der Waals surface area contributed by atoms with Gasteiger partial charge in [0.1, 0.15) is 9.84 Å². The van der Waals surface area contributed by atoms with Crippen molar-refractivity contribution >= 4 is 39.8 Å². The maximum absolute atomic E-state index is 11.2. The van der Waals surface area contributed by atoms with Crippen LogP contribution in [0.3, 0.4) is 0 Å². The summed E-state index contributed by atoms with van der Waals surface area (Å²) in [7, 11) is -1.25. The van der Waals surface area contributed by atoms with Crippen molar-refractivity contribution in [3.8, 4) is 0 Å². The van der Waals surface area contributed by atoms with Gasteiger partial charge in [-0.25, -0.2) is 8.42 Å². The lowest BCUT2D eigenvalue weighted by atomic mass is 9.79. The van der Waals surface area contributed by atoms with Gasteiger partial charge in [-0.3, -0.25) is 4.99 Å². The second-order valence-corrected chi connectivity index (χ2v) is 8.60. The van der Waals surface area contributed by atoms with Gasteiger partial charge in [-0.2, -0.15) is 0 Å². The van der Waals surface area contributed by atoms with Crippen LogP contribution in [-0.4, -0.2) is 46.5 Å². The van der Waals surface area contributed by atoms with Crippen molar-refractivity contribution in [1.82, 2.24) is 10.6 Å². The summed E-state index contributed by atoms with van der Waals surface area (Å²) in [4.78, 5) is 4.19. The molecule has 5 nitrogen and oxygen atoms in total. The van der Waals surface area contributed by atoms with E-state index in [0.717, 1.165) is 6.54 Å². The summed E-state index contributed by atoms with van der Waals surface area (Å²) in [6, 6.07) is 10.6. The summed E-state index contributed by atoms with van der Waals surface area (Å²) in [6.07, 6.45) is 6.08. The van der Waals surface area contributed by atoms with Crippen LogP contribution in [0.5, 0.6) is 0 Å². The molecular weight excluding hydrogens is 437 g/mol. The number of aliphatic imine (C=N–C) groups is 1. The molecule has 0 amide bonds. The van der Waals surface area contributed by atoms with Crippen molar-refractivity contribution in [2.75, 3.05) is 32.1 Å². The van der Waals surface area contributed by atoms with E-state index < -0.39 is 9.84 Å². The monoisotopic (exact) mass is 465 g/mol. The molecule has 1 saturated carbocycles. The highest BCUT2D eigenvalue weighted by Crippen LogP contribution is 2.40. The normalized spacial score (nSPS) is 17.2. The molecule has 0 aliphatic heterocycles. The van der Waals surface area contributed by atoms with E-state index >= 15 is 0 Å². The summed E-state index contributed by atoms with van der Waals surface area (Å²) >= 11 is 0. The number of nitrogens with zero attached hydrogens (tertiary/aromatic N) is 1. The highest BCUT2D eigenvalue weighted by Gasteiger charge is 2.35. The fourth-order valence-corrected chi connectivity index (χ4v) is 3.71. The molecule has 1 aliphatic rings. The number of halogens is 1. The zero-order valence-electron chi connectivity index (χ0n) is 14.4. The van der Waals surface area contributed by atoms with E-state index in [0.29, 0.717) is 12.5 Å². The molecule has 0 radical (unpaired) electrons. The Bertz CT molecular complexity index is 626. The Hall–Kier alpha value is -0.830. The predicted octanol–water partition coefficient (Wildman–Crippen LogP) is 2.33. The molecule has 136 valence electrons. The molecule has 1 aromatic carbocycles. The van der Waals surface area contributed by atoms with Gasteiger partial charge in [0, 0.05) is 31.8 Å². The van der Waals surface area contributed by atoms with Gasteiger partial charge in [0.05, 0.1) is 5.75 Å². The topological polar surface area (TPSA) is 70.6 Å². The second kappa shape index (κ2) is 9.60. The summed E-state index contributed by atoms with van der Waals surface area (Å²) in [6.45, 7) is 1.19.